The van der Waals surface area contributed by atoms with E-state index in [1.807, 2.05) is 12.2 Å². The summed E-state index contributed by atoms with van der Waals surface area (Å²) in [5, 5.41) is 0. The predicted molar refractivity (Wildman–Crippen MR) is 59.0 cm³/mol. The Bertz CT molecular complexity index is 253. The smallest absolute Gasteiger partial charge is 0.217 e. The lowest BCUT2D eigenvalue weighted by molar-refractivity contribution is -0.324. The molecule has 0 aromatic rings. The van der Waals surface area contributed by atoms with Gasteiger partial charge < -0.3 is 18.9 Å². The van der Waals surface area contributed by atoms with E-state index in [0.717, 1.165) is 19.3 Å². The van der Waals surface area contributed by atoms with Crippen molar-refractivity contribution in [3.63, 3.8) is 0 Å². The van der Waals surface area contributed by atoms with Gasteiger partial charge in [-0.3, -0.25) is 0 Å². The maximum atomic E-state index is 5.77. The lowest BCUT2D eigenvalue weighted by Crippen LogP contribution is -2.51. The molecule has 16 heavy (non-hydrogen) atoms. The molecule has 1 spiro atoms. The highest BCUT2D eigenvalue weighted by Gasteiger charge is 2.46. The molecule has 2 aliphatic heterocycles. The summed E-state index contributed by atoms with van der Waals surface area (Å²) < 4.78 is 22.4. The normalized spacial score (nSPS) is 38.4. The molecule has 1 saturated heterocycles. The molecule has 2 rings (SSSR count). The lowest BCUT2D eigenvalue weighted by atomic mass is 10.0. The van der Waals surface area contributed by atoms with Gasteiger partial charge >= 0.3 is 0 Å². The molecule has 2 heterocycles. The van der Waals surface area contributed by atoms with Crippen LogP contribution in [-0.2, 0) is 18.9 Å². The van der Waals surface area contributed by atoms with E-state index >= 15 is 0 Å². The van der Waals surface area contributed by atoms with Crippen molar-refractivity contribution in [2.45, 2.75) is 44.4 Å². The number of ether oxygens (including phenoxy) is 4. The van der Waals surface area contributed by atoms with Gasteiger partial charge in [-0.25, -0.2) is 0 Å². The monoisotopic (exact) mass is 228 g/mol. The van der Waals surface area contributed by atoms with Gasteiger partial charge in [0, 0.05) is 7.11 Å². The Hall–Kier alpha value is -0.420. The van der Waals surface area contributed by atoms with Gasteiger partial charge in [0.1, 0.15) is 6.10 Å². The maximum absolute atomic E-state index is 5.77. The molecule has 4 heteroatoms. The van der Waals surface area contributed by atoms with Crippen molar-refractivity contribution in [3.8, 4) is 0 Å². The molecule has 92 valence electrons. The van der Waals surface area contributed by atoms with Gasteiger partial charge in [0.05, 0.1) is 13.2 Å². The summed E-state index contributed by atoms with van der Waals surface area (Å²) in [7, 11) is 1.62. The highest BCUT2D eigenvalue weighted by Crippen LogP contribution is 2.35. The number of rotatable bonds is 4. The molecule has 4 nitrogen and oxygen atoms in total. The molecule has 0 aliphatic carbocycles. The topological polar surface area (TPSA) is 36.9 Å². The standard InChI is InChI=1S/C12H20O4/c1-3-4-5-10-12(15-9-8-14-10)7-6-11(13-2)16-12/h6-7,10-11H,3-5,8-9H2,1-2H3. The molecule has 3 unspecified atom stereocenters. The van der Waals surface area contributed by atoms with Crippen LogP contribution in [0.25, 0.3) is 0 Å². The summed E-state index contributed by atoms with van der Waals surface area (Å²) in [5.74, 6) is -0.714. The Morgan fingerprint density at radius 1 is 1.44 bits per heavy atom. The fourth-order valence-corrected chi connectivity index (χ4v) is 2.14. The van der Waals surface area contributed by atoms with E-state index in [9.17, 15) is 0 Å². The van der Waals surface area contributed by atoms with Crippen LogP contribution in [0.15, 0.2) is 12.2 Å². The van der Waals surface area contributed by atoms with Crippen LogP contribution in [0.3, 0.4) is 0 Å². The van der Waals surface area contributed by atoms with Crippen molar-refractivity contribution in [3.05, 3.63) is 12.2 Å². The van der Waals surface area contributed by atoms with Gasteiger partial charge in [-0.2, -0.15) is 0 Å². The van der Waals surface area contributed by atoms with Crippen molar-refractivity contribution in [1.29, 1.82) is 0 Å². The highest BCUT2D eigenvalue weighted by atomic mass is 16.8. The van der Waals surface area contributed by atoms with Gasteiger partial charge in [0.25, 0.3) is 0 Å². The summed E-state index contributed by atoms with van der Waals surface area (Å²) in [6, 6.07) is 0. The Balaban J connectivity index is 2.01. The second-order valence-corrected chi connectivity index (χ2v) is 4.15. The molecule has 0 aromatic carbocycles. The van der Waals surface area contributed by atoms with Crippen molar-refractivity contribution in [1.82, 2.24) is 0 Å². The Labute approximate surface area is 96.5 Å². The Kier molecular flexibility index (Phi) is 3.97. The summed E-state index contributed by atoms with van der Waals surface area (Å²) in [5.41, 5.74) is 0. The average Bonchev–Trinajstić information content (AvgIpc) is 2.72. The molecule has 0 N–H and O–H groups in total. The first kappa shape index (κ1) is 12.0. The van der Waals surface area contributed by atoms with Gasteiger partial charge in [0.2, 0.25) is 5.79 Å². The molecule has 0 amide bonds. The van der Waals surface area contributed by atoms with Gasteiger partial charge in [-0.15, -0.1) is 0 Å². The average molecular weight is 228 g/mol. The van der Waals surface area contributed by atoms with Crippen molar-refractivity contribution >= 4 is 0 Å². The maximum Gasteiger partial charge on any atom is 0.217 e. The van der Waals surface area contributed by atoms with E-state index in [-0.39, 0.29) is 12.4 Å². The zero-order valence-corrected chi connectivity index (χ0v) is 9.98. The van der Waals surface area contributed by atoms with Gasteiger partial charge in [0.15, 0.2) is 6.29 Å². The largest absolute Gasteiger partial charge is 0.370 e. The number of hydrogen-bond donors (Lipinski definition) is 0. The molecule has 0 aromatic heterocycles. The molecule has 0 saturated carbocycles. The SMILES string of the molecule is CCCCC1OCCOC12C=CC(OC)O2. The second kappa shape index (κ2) is 5.27. The van der Waals surface area contributed by atoms with Crippen LogP contribution >= 0.6 is 0 Å². The minimum Gasteiger partial charge on any atom is -0.370 e. The molecule has 0 bridgehead atoms. The summed E-state index contributed by atoms with van der Waals surface area (Å²) in [6.07, 6.45) is 6.70. The van der Waals surface area contributed by atoms with E-state index in [0.29, 0.717) is 13.2 Å². The third-order valence-corrected chi connectivity index (χ3v) is 3.02. The fraction of sp³-hybridized carbons (Fsp3) is 0.833. The Morgan fingerprint density at radius 3 is 3.00 bits per heavy atom. The Morgan fingerprint density at radius 2 is 2.31 bits per heavy atom. The number of unbranched alkanes of at least 4 members (excludes halogenated alkanes) is 1. The van der Waals surface area contributed by atoms with Gasteiger partial charge in [-0.1, -0.05) is 19.8 Å². The minimum absolute atomic E-state index is 0.0161. The predicted octanol–water partition coefficient (Wildman–Crippen LogP) is 1.85. The number of hydrogen-bond acceptors (Lipinski definition) is 4. The van der Waals surface area contributed by atoms with E-state index in [1.54, 1.807) is 7.11 Å². The van der Waals surface area contributed by atoms with E-state index in [1.165, 1.54) is 0 Å². The molecule has 1 fully saturated rings. The van der Waals surface area contributed by atoms with Crippen LogP contribution in [0.1, 0.15) is 26.2 Å². The second-order valence-electron chi connectivity index (χ2n) is 4.15. The highest BCUT2D eigenvalue weighted by molar-refractivity contribution is 5.09. The molecular weight excluding hydrogens is 208 g/mol. The first-order chi connectivity index (χ1) is 7.80. The fourth-order valence-electron chi connectivity index (χ4n) is 2.14. The molecule has 3 atom stereocenters. The zero-order chi connectivity index (χ0) is 11.4. The zero-order valence-electron chi connectivity index (χ0n) is 9.98. The van der Waals surface area contributed by atoms with Crippen LogP contribution in [-0.4, -0.2) is 38.5 Å². The van der Waals surface area contributed by atoms with Crippen molar-refractivity contribution < 1.29 is 18.9 Å². The van der Waals surface area contributed by atoms with Crippen LogP contribution in [0.5, 0.6) is 0 Å². The summed E-state index contributed by atoms with van der Waals surface area (Å²) in [6.45, 7) is 3.38. The summed E-state index contributed by atoms with van der Waals surface area (Å²) in [4.78, 5) is 0. The van der Waals surface area contributed by atoms with Crippen LogP contribution in [0.2, 0.25) is 0 Å². The van der Waals surface area contributed by atoms with Crippen LogP contribution in [0.4, 0.5) is 0 Å². The van der Waals surface area contributed by atoms with Crippen LogP contribution in [0, 0.1) is 0 Å². The van der Waals surface area contributed by atoms with Crippen LogP contribution < -0.4 is 0 Å². The lowest BCUT2D eigenvalue weighted by Gasteiger charge is -2.39. The molecule has 0 radical (unpaired) electrons. The quantitative estimate of drug-likeness (QED) is 0.688. The third-order valence-electron chi connectivity index (χ3n) is 3.02. The van der Waals surface area contributed by atoms with Gasteiger partial charge in [-0.05, 0) is 18.6 Å². The first-order valence-electron chi connectivity index (χ1n) is 5.96. The summed E-state index contributed by atoms with van der Waals surface area (Å²) >= 11 is 0. The molecular formula is C12H20O4. The van der Waals surface area contributed by atoms with E-state index in [4.69, 9.17) is 18.9 Å². The van der Waals surface area contributed by atoms with Crippen molar-refractivity contribution in [2.75, 3.05) is 20.3 Å². The number of methoxy groups -OCH3 is 1. The van der Waals surface area contributed by atoms with E-state index < -0.39 is 5.79 Å². The third kappa shape index (κ3) is 2.30. The minimum atomic E-state index is -0.714. The molecule has 2 aliphatic rings. The first-order valence-corrected chi connectivity index (χ1v) is 5.96. The van der Waals surface area contributed by atoms with E-state index in [2.05, 4.69) is 6.92 Å². The van der Waals surface area contributed by atoms with Crippen molar-refractivity contribution in [2.24, 2.45) is 0 Å².